The van der Waals surface area contributed by atoms with Crippen LogP contribution < -0.4 is 4.31 Å². The highest BCUT2D eigenvalue weighted by Gasteiger charge is 2.35. The van der Waals surface area contributed by atoms with Crippen LogP contribution in [0.3, 0.4) is 0 Å². The monoisotopic (exact) mass is 365 g/mol. The number of ether oxygens (including phenoxy) is 1. The molecule has 1 aliphatic rings. The molecule has 2 aromatic carbocycles. The summed E-state index contributed by atoms with van der Waals surface area (Å²) < 4.78 is 32.2. The number of hydrogen-bond donors (Lipinski definition) is 0. The Hall–Kier alpha value is -2.05. The lowest BCUT2D eigenvalue weighted by Crippen LogP contribution is -2.30. The van der Waals surface area contributed by atoms with Gasteiger partial charge in [-0.25, -0.2) is 13.2 Å². The van der Waals surface area contributed by atoms with Crippen molar-refractivity contribution in [3.63, 3.8) is 0 Å². The summed E-state index contributed by atoms with van der Waals surface area (Å²) in [4.78, 5) is 11.6. The lowest BCUT2D eigenvalue weighted by atomic mass is 10.0. The van der Waals surface area contributed by atoms with Gasteiger partial charge in [0.05, 0.1) is 23.4 Å². The highest BCUT2D eigenvalue weighted by molar-refractivity contribution is 7.93. The van der Waals surface area contributed by atoms with E-state index in [0.717, 1.165) is 5.56 Å². The van der Waals surface area contributed by atoms with Gasteiger partial charge in [0.2, 0.25) is 0 Å². The zero-order valence-electron chi connectivity index (χ0n) is 13.2. The molecule has 0 amide bonds. The lowest BCUT2D eigenvalue weighted by Gasteiger charge is -2.21. The average Bonchev–Trinajstić information content (AvgIpc) is 2.92. The molecule has 0 saturated carbocycles. The van der Waals surface area contributed by atoms with Gasteiger partial charge in [0.25, 0.3) is 10.0 Å². The van der Waals surface area contributed by atoms with Gasteiger partial charge >= 0.3 is 5.97 Å². The summed E-state index contributed by atoms with van der Waals surface area (Å²) in [6, 6.07) is 11.5. The highest BCUT2D eigenvalue weighted by atomic mass is 35.5. The van der Waals surface area contributed by atoms with E-state index in [-0.39, 0.29) is 21.4 Å². The van der Waals surface area contributed by atoms with Gasteiger partial charge in [-0.3, -0.25) is 4.31 Å². The quantitative estimate of drug-likeness (QED) is 0.781. The molecule has 0 spiro atoms. The molecule has 1 unspecified atom stereocenters. The van der Waals surface area contributed by atoms with Crippen LogP contribution >= 0.6 is 11.6 Å². The third kappa shape index (κ3) is 2.65. The van der Waals surface area contributed by atoms with Crippen molar-refractivity contribution in [3.8, 4) is 0 Å². The Morgan fingerprint density at radius 2 is 1.96 bits per heavy atom. The second-order valence-electron chi connectivity index (χ2n) is 5.63. The maximum atomic E-state index is 13.1. The number of sulfonamides is 1. The molecule has 1 aliphatic heterocycles. The third-order valence-corrected chi connectivity index (χ3v) is 6.36. The van der Waals surface area contributed by atoms with Crippen LogP contribution in [0.1, 0.15) is 28.8 Å². The van der Waals surface area contributed by atoms with Gasteiger partial charge in [-0.05, 0) is 29.8 Å². The van der Waals surface area contributed by atoms with Crippen molar-refractivity contribution in [1.82, 2.24) is 0 Å². The molecule has 0 aromatic heterocycles. The summed E-state index contributed by atoms with van der Waals surface area (Å²) in [7, 11) is -2.65. The maximum Gasteiger partial charge on any atom is 0.337 e. The zero-order valence-corrected chi connectivity index (χ0v) is 14.8. The molecule has 1 atom stereocenters. The molecule has 3 rings (SSSR count). The molecule has 0 fully saturated rings. The molecular formula is C17H16ClNO4S. The molecule has 7 heteroatoms. The highest BCUT2D eigenvalue weighted by Crippen LogP contribution is 2.40. The van der Waals surface area contributed by atoms with Crippen molar-refractivity contribution in [2.24, 2.45) is 0 Å². The van der Waals surface area contributed by atoms with Crippen LogP contribution in [-0.4, -0.2) is 28.0 Å². The van der Waals surface area contributed by atoms with Gasteiger partial charge in [0.1, 0.15) is 4.90 Å². The number of hydrogen-bond acceptors (Lipinski definition) is 4. The van der Waals surface area contributed by atoms with E-state index in [1.54, 1.807) is 12.1 Å². The van der Waals surface area contributed by atoms with Crippen molar-refractivity contribution in [2.45, 2.75) is 17.7 Å². The SMILES string of the molecule is COC(=O)c1ccc(Cl)c(S(=O)(=O)N2CC(C)c3ccccc32)c1. The maximum absolute atomic E-state index is 13.1. The lowest BCUT2D eigenvalue weighted by molar-refractivity contribution is 0.0600. The van der Waals surface area contributed by atoms with Crippen LogP contribution in [0.25, 0.3) is 0 Å². The molecule has 0 N–H and O–H groups in total. The van der Waals surface area contributed by atoms with Crippen LogP contribution in [0.5, 0.6) is 0 Å². The Kier molecular flexibility index (Phi) is 4.27. The number of anilines is 1. The minimum atomic E-state index is -3.89. The zero-order chi connectivity index (χ0) is 17.5. The number of esters is 1. The van der Waals surface area contributed by atoms with E-state index < -0.39 is 16.0 Å². The first-order valence-electron chi connectivity index (χ1n) is 7.36. The van der Waals surface area contributed by atoms with Gasteiger partial charge in [-0.15, -0.1) is 0 Å². The first-order valence-corrected chi connectivity index (χ1v) is 9.17. The third-order valence-electron chi connectivity index (χ3n) is 4.10. The van der Waals surface area contributed by atoms with Crippen LogP contribution in [0.4, 0.5) is 5.69 Å². The number of carbonyl (C=O) groups is 1. The number of methoxy groups -OCH3 is 1. The number of halogens is 1. The van der Waals surface area contributed by atoms with Gasteiger partial charge in [0.15, 0.2) is 0 Å². The molecule has 0 aliphatic carbocycles. The first-order chi connectivity index (χ1) is 11.4. The van der Waals surface area contributed by atoms with E-state index in [2.05, 4.69) is 4.74 Å². The minimum Gasteiger partial charge on any atom is -0.465 e. The first kappa shape index (κ1) is 16.8. The van der Waals surface area contributed by atoms with Gasteiger partial charge in [0, 0.05) is 12.5 Å². The van der Waals surface area contributed by atoms with Crippen LogP contribution in [0, 0.1) is 0 Å². The van der Waals surface area contributed by atoms with E-state index in [1.807, 2.05) is 19.1 Å². The van der Waals surface area contributed by atoms with E-state index >= 15 is 0 Å². The molecule has 0 bridgehead atoms. The number of benzene rings is 2. The molecule has 0 radical (unpaired) electrons. The standard InChI is InChI=1S/C17H16ClNO4S/c1-11-10-19(15-6-4-3-5-13(11)15)24(21,22)16-9-12(17(20)23-2)7-8-14(16)18/h3-9,11H,10H2,1-2H3. The van der Waals surface area contributed by atoms with Crippen molar-refractivity contribution < 1.29 is 17.9 Å². The molecule has 126 valence electrons. The van der Waals surface area contributed by atoms with E-state index in [4.69, 9.17) is 11.6 Å². The number of para-hydroxylation sites is 1. The van der Waals surface area contributed by atoms with E-state index in [1.165, 1.54) is 29.6 Å². The predicted octanol–water partition coefficient (Wildman–Crippen LogP) is 3.44. The number of fused-ring (bicyclic) bond motifs is 1. The summed E-state index contributed by atoms with van der Waals surface area (Å²) in [6.45, 7) is 2.31. The Morgan fingerprint density at radius 1 is 1.25 bits per heavy atom. The predicted molar refractivity (Wildman–Crippen MR) is 92.2 cm³/mol. The fraction of sp³-hybridized carbons (Fsp3) is 0.235. The van der Waals surface area contributed by atoms with Gasteiger partial charge in [-0.1, -0.05) is 36.7 Å². The number of nitrogens with zero attached hydrogens (tertiary/aromatic N) is 1. The molecule has 0 saturated heterocycles. The average molecular weight is 366 g/mol. The topological polar surface area (TPSA) is 63.7 Å². The van der Waals surface area contributed by atoms with Gasteiger partial charge in [-0.2, -0.15) is 0 Å². The number of rotatable bonds is 3. The van der Waals surface area contributed by atoms with Crippen molar-refractivity contribution in [2.75, 3.05) is 18.0 Å². The summed E-state index contributed by atoms with van der Waals surface area (Å²) in [5.41, 5.74) is 1.76. The molecular weight excluding hydrogens is 350 g/mol. The Balaban J connectivity index is 2.11. The van der Waals surface area contributed by atoms with Crippen molar-refractivity contribution in [3.05, 3.63) is 58.6 Å². The summed E-state index contributed by atoms with van der Waals surface area (Å²) in [6.07, 6.45) is 0. The molecule has 1 heterocycles. The van der Waals surface area contributed by atoms with Gasteiger partial charge < -0.3 is 4.74 Å². The Morgan fingerprint density at radius 3 is 2.67 bits per heavy atom. The van der Waals surface area contributed by atoms with Crippen molar-refractivity contribution in [1.29, 1.82) is 0 Å². The fourth-order valence-corrected chi connectivity index (χ4v) is 4.95. The normalized spacial score (nSPS) is 16.8. The minimum absolute atomic E-state index is 0.0692. The van der Waals surface area contributed by atoms with E-state index in [9.17, 15) is 13.2 Å². The summed E-state index contributed by atoms with van der Waals surface area (Å²) in [5, 5.41) is 0.0692. The van der Waals surface area contributed by atoms with E-state index in [0.29, 0.717) is 12.2 Å². The second kappa shape index (κ2) is 6.11. The molecule has 5 nitrogen and oxygen atoms in total. The van der Waals surface area contributed by atoms with Crippen LogP contribution in [0.2, 0.25) is 5.02 Å². The number of carbonyl (C=O) groups excluding carboxylic acids is 1. The Labute approximate surface area is 145 Å². The summed E-state index contributed by atoms with van der Waals surface area (Å²) in [5.74, 6) is -0.531. The largest absolute Gasteiger partial charge is 0.465 e. The summed E-state index contributed by atoms with van der Waals surface area (Å²) >= 11 is 6.11. The molecule has 24 heavy (non-hydrogen) atoms. The second-order valence-corrected chi connectivity index (χ2v) is 7.87. The van der Waals surface area contributed by atoms with Crippen molar-refractivity contribution >= 4 is 33.3 Å². The molecule has 2 aromatic rings. The van der Waals surface area contributed by atoms with Crippen LogP contribution in [0.15, 0.2) is 47.4 Å². The fourth-order valence-electron chi connectivity index (χ4n) is 2.87. The Bertz CT molecular complexity index is 911. The van der Waals surface area contributed by atoms with Crippen LogP contribution in [-0.2, 0) is 14.8 Å². The smallest absolute Gasteiger partial charge is 0.337 e.